The summed E-state index contributed by atoms with van der Waals surface area (Å²) in [6, 6.07) is 5.28. The van der Waals surface area contributed by atoms with E-state index in [4.69, 9.17) is 18.9 Å². The lowest BCUT2D eigenvalue weighted by Gasteiger charge is -2.26. The molecule has 0 aliphatic heterocycles. The molecule has 2 atom stereocenters. The summed E-state index contributed by atoms with van der Waals surface area (Å²) in [5.41, 5.74) is 0.473. The quantitative estimate of drug-likeness (QED) is 0.364. The van der Waals surface area contributed by atoms with Gasteiger partial charge in [-0.05, 0) is 63.1 Å². The molecule has 0 radical (unpaired) electrons. The van der Waals surface area contributed by atoms with Crippen LogP contribution in [-0.4, -0.2) is 51.5 Å². The van der Waals surface area contributed by atoms with E-state index in [1.54, 1.807) is 35.0 Å². The van der Waals surface area contributed by atoms with Crippen LogP contribution in [0.4, 0.5) is 4.79 Å². The van der Waals surface area contributed by atoms with Crippen molar-refractivity contribution in [3.63, 3.8) is 0 Å². The van der Waals surface area contributed by atoms with Crippen LogP contribution < -0.4 is 14.8 Å². The highest BCUT2D eigenvalue weighted by atomic mass is 16.6. The zero-order chi connectivity index (χ0) is 23.4. The molecule has 0 saturated heterocycles. The number of alkyl carbamates (subject to hydrolysis) is 1. The number of amides is 1. The van der Waals surface area contributed by atoms with E-state index < -0.39 is 17.7 Å². The molecule has 0 saturated carbocycles. The van der Waals surface area contributed by atoms with Crippen LogP contribution in [0.15, 0.2) is 18.2 Å². The third-order valence-corrected chi connectivity index (χ3v) is 4.84. The molecule has 1 aromatic rings. The molecule has 0 bridgehead atoms. The SMILES string of the molecule is COCCCOc1cc(C[C@@H](CC(C=O)NC(=O)OC(C)(C)C)C(C)C)ccc1OC. The first kappa shape index (κ1) is 26.8. The maximum atomic E-state index is 12.1. The van der Waals surface area contributed by atoms with E-state index in [1.165, 1.54) is 0 Å². The molecule has 1 unspecified atom stereocenters. The van der Waals surface area contributed by atoms with Gasteiger partial charge in [0.2, 0.25) is 0 Å². The Hall–Kier alpha value is -2.28. The van der Waals surface area contributed by atoms with E-state index in [0.717, 1.165) is 24.7 Å². The number of methoxy groups -OCH3 is 2. The van der Waals surface area contributed by atoms with Gasteiger partial charge in [-0.1, -0.05) is 19.9 Å². The van der Waals surface area contributed by atoms with Gasteiger partial charge in [-0.3, -0.25) is 0 Å². The molecule has 0 aliphatic carbocycles. The first-order chi connectivity index (χ1) is 14.6. The minimum absolute atomic E-state index is 0.180. The van der Waals surface area contributed by atoms with Crippen LogP contribution in [0.25, 0.3) is 0 Å². The Morgan fingerprint density at radius 2 is 1.84 bits per heavy atom. The first-order valence-corrected chi connectivity index (χ1v) is 10.8. The Labute approximate surface area is 186 Å². The summed E-state index contributed by atoms with van der Waals surface area (Å²) in [5, 5.41) is 2.68. The van der Waals surface area contributed by atoms with Gasteiger partial charge < -0.3 is 29.1 Å². The van der Waals surface area contributed by atoms with Crippen molar-refractivity contribution in [2.75, 3.05) is 27.4 Å². The molecule has 1 N–H and O–H groups in total. The highest BCUT2D eigenvalue weighted by Gasteiger charge is 2.24. The molecule has 7 nitrogen and oxygen atoms in total. The van der Waals surface area contributed by atoms with Crippen molar-refractivity contribution >= 4 is 12.4 Å². The third-order valence-electron chi connectivity index (χ3n) is 4.84. The zero-order valence-electron chi connectivity index (χ0n) is 20.0. The van der Waals surface area contributed by atoms with Crippen LogP contribution in [-0.2, 0) is 20.7 Å². The second-order valence-corrected chi connectivity index (χ2v) is 9.01. The second kappa shape index (κ2) is 13.2. The fourth-order valence-electron chi connectivity index (χ4n) is 3.17. The highest BCUT2D eigenvalue weighted by molar-refractivity contribution is 5.73. The van der Waals surface area contributed by atoms with E-state index in [-0.39, 0.29) is 5.92 Å². The van der Waals surface area contributed by atoms with Gasteiger partial charge in [0.25, 0.3) is 0 Å². The molecule has 1 rings (SSSR count). The standard InChI is InChI=1S/C24H39NO6/c1-17(2)19(15-20(16-26)25-23(27)31-24(3,4)5)13-18-9-10-21(29-7)22(14-18)30-12-8-11-28-6/h9-10,14,16-17,19-20H,8,11-13,15H2,1-7H3,(H,25,27)/t19-,20?/m0/s1. The van der Waals surface area contributed by atoms with E-state index in [1.807, 2.05) is 18.2 Å². The van der Waals surface area contributed by atoms with Gasteiger partial charge in [0.05, 0.1) is 19.8 Å². The lowest BCUT2D eigenvalue weighted by atomic mass is 9.84. The molecule has 0 heterocycles. The Morgan fingerprint density at radius 3 is 2.39 bits per heavy atom. The molecular weight excluding hydrogens is 398 g/mol. The van der Waals surface area contributed by atoms with E-state index in [9.17, 15) is 9.59 Å². The highest BCUT2D eigenvalue weighted by Crippen LogP contribution is 2.31. The van der Waals surface area contributed by atoms with Gasteiger partial charge in [-0.25, -0.2) is 4.79 Å². The van der Waals surface area contributed by atoms with Crippen molar-refractivity contribution in [3.05, 3.63) is 23.8 Å². The Kier molecular flexibility index (Phi) is 11.4. The molecule has 0 fully saturated rings. The number of carbonyl (C=O) groups excluding carboxylic acids is 2. The van der Waals surface area contributed by atoms with Gasteiger partial charge in [0, 0.05) is 20.1 Å². The zero-order valence-corrected chi connectivity index (χ0v) is 20.0. The average molecular weight is 438 g/mol. The smallest absolute Gasteiger partial charge is 0.408 e. The number of hydrogen-bond donors (Lipinski definition) is 1. The maximum absolute atomic E-state index is 12.1. The number of rotatable bonds is 13. The average Bonchev–Trinajstić information content (AvgIpc) is 2.68. The number of ether oxygens (including phenoxy) is 4. The molecular formula is C24H39NO6. The van der Waals surface area contributed by atoms with Gasteiger partial charge in [0.15, 0.2) is 11.5 Å². The van der Waals surface area contributed by atoms with Gasteiger partial charge in [-0.15, -0.1) is 0 Å². The molecule has 31 heavy (non-hydrogen) atoms. The summed E-state index contributed by atoms with van der Waals surface area (Å²) in [7, 11) is 3.28. The lowest BCUT2D eigenvalue weighted by molar-refractivity contribution is -0.110. The minimum Gasteiger partial charge on any atom is -0.493 e. The number of carbonyl (C=O) groups is 2. The van der Waals surface area contributed by atoms with Crippen LogP contribution in [0.1, 0.15) is 53.0 Å². The lowest BCUT2D eigenvalue weighted by Crippen LogP contribution is -2.41. The van der Waals surface area contributed by atoms with E-state index in [2.05, 4.69) is 19.2 Å². The predicted octanol–water partition coefficient (Wildman–Crippen LogP) is 4.41. The number of benzene rings is 1. The molecule has 176 valence electrons. The van der Waals surface area contributed by atoms with Crippen molar-refractivity contribution in [1.82, 2.24) is 5.32 Å². The fourth-order valence-corrected chi connectivity index (χ4v) is 3.17. The third kappa shape index (κ3) is 10.5. The second-order valence-electron chi connectivity index (χ2n) is 9.01. The van der Waals surface area contributed by atoms with Crippen molar-refractivity contribution in [3.8, 4) is 11.5 Å². The molecule has 7 heteroatoms. The monoisotopic (exact) mass is 437 g/mol. The Bertz CT molecular complexity index is 683. The first-order valence-electron chi connectivity index (χ1n) is 10.8. The summed E-state index contributed by atoms with van der Waals surface area (Å²) in [5.74, 6) is 1.87. The summed E-state index contributed by atoms with van der Waals surface area (Å²) < 4.78 is 21.6. The van der Waals surface area contributed by atoms with Crippen LogP contribution in [0.3, 0.4) is 0 Å². The van der Waals surface area contributed by atoms with Crippen molar-refractivity contribution in [1.29, 1.82) is 0 Å². The minimum atomic E-state index is -0.613. The largest absolute Gasteiger partial charge is 0.493 e. The van der Waals surface area contributed by atoms with Gasteiger partial charge in [-0.2, -0.15) is 0 Å². The van der Waals surface area contributed by atoms with Crippen molar-refractivity contribution in [2.45, 2.75) is 65.5 Å². The van der Waals surface area contributed by atoms with Crippen LogP contribution >= 0.6 is 0 Å². The summed E-state index contributed by atoms with van der Waals surface area (Å²) in [6.07, 6.45) is 2.25. The number of nitrogens with one attached hydrogen (secondary N) is 1. The van der Waals surface area contributed by atoms with Gasteiger partial charge >= 0.3 is 6.09 Å². The summed E-state index contributed by atoms with van der Waals surface area (Å²) in [4.78, 5) is 23.7. The predicted molar refractivity (Wildman–Crippen MR) is 121 cm³/mol. The van der Waals surface area contributed by atoms with Crippen molar-refractivity contribution < 1.29 is 28.5 Å². The molecule has 1 amide bonds. The normalized spacial score (nSPS) is 13.4. The molecule has 0 aromatic heterocycles. The van der Waals surface area contributed by atoms with Gasteiger partial charge in [0.1, 0.15) is 11.9 Å². The summed E-state index contributed by atoms with van der Waals surface area (Å²) >= 11 is 0. The molecule has 0 spiro atoms. The van der Waals surface area contributed by atoms with Crippen LogP contribution in [0, 0.1) is 11.8 Å². The Morgan fingerprint density at radius 1 is 1.13 bits per heavy atom. The van der Waals surface area contributed by atoms with Crippen LogP contribution in [0.5, 0.6) is 11.5 Å². The fraction of sp³-hybridized carbons (Fsp3) is 0.667. The number of aldehydes is 1. The van der Waals surface area contributed by atoms with Crippen molar-refractivity contribution in [2.24, 2.45) is 11.8 Å². The van der Waals surface area contributed by atoms with E-state index in [0.29, 0.717) is 37.1 Å². The molecule has 0 aliphatic rings. The van der Waals surface area contributed by atoms with Crippen LogP contribution in [0.2, 0.25) is 0 Å². The number of hydrogen-bond acceptors (Lipinski definition) is 6. The molecule has 1 aromatic carbocycles. The van der Waals surface area contributed by atoms with E-state index >= 15 is 0 Å². The summed E-state index contributed by atoms with van der Waals surface area (Å²) in [6.45, 7) is 10.8. The topological polar surface area (TPSA) is 83.1 Å². The maximum Gasteiger partial charge on any atom is 0.408 e. The Balaban J connectivity index is 2.84.